The zero-order valence-corrected chi connectivity index (χ0v) is 21.9. The molecule has 4 rings (SSSR count). The van der Waals surface area contributed by atoms with Gasteiger partial charge in [-0.2, -0.15) is 0 Å². The van der Waals surface area contributed by atoms with Gasteiger partial charge < -0.3 is 14.8 Å². The van der Waals surface area contributed by atoms with E-state index in [1.54, 1.807) is 14.0 Å². The number of ketones is 2. The van der Waals surface area contributed by atoms with Gasteiger partial charge in [0.1, 0.15) is 5.78 Å². The number of carbonyl (C=O) groups excluding carboxylic acids is 3. The number of carbonyl (C=O) groups is 3. The molecule has 0 radical (unpaired) electrons. The van der Waals surface area contributed by atoms with E-state index in [2.05, 4.69) is 9.88 Å². The van der Waals surface area contributed by atoms with Crippen LogP contribution in [0.15, 0.2) is 24.4 Å². The second kappa shape index (κ2) is 11.3. The van der Waals surface area contributed by atoms with Crippen molar-refractivity contribution in [2.75, 3.05) is 13.6 Å². The summed E-state index contributed by atoms with van der Waals surface area (Å²) in [6, 6.07) is 5.42. The number of hydrogen-bond acceptors (Lipinski definition) is 4. The monoisotopic (exact) mass is 499 g/mol. The molecule has 35 heavy (non-hydrogen) atoms. The van der Waals surface area contributed by atoms with E-state index in [-0.39, 0.29) is 41.4 Å². The summed E-state index contributed by atoms with van der Waals surface area (Å²) in [6.45, 7) is 4.76. The normalized spacial score (nSPS) is 20.8. The Balaban J connectivity index is 1.60. The van der Waals surface area contributed by atoms with Crippen molar-refractivity contribution in [2.24, 2.45) is 11.8 Å². The van der Waals surface area contributed by atoms with Gasteiger partial charge in [0.15, 0.2) is 5.78 Å². The molecule has 0 spiro atoms. The minimum atomic E-state index is -0.253. The van der Waals surface area contributed by atoms with Crippen LogP contribution in [0.25, 0.3) is 10.9 Å². The standard InChI is InChI=1S/C28H38ClN3O3/c1-18(30-3)26(34)15-23(20-9-5-4-6-10-20)28(35)32-14-8-11-21(32)16-31-17-24(19(2)33)22-12-7-13-25(29)27(22)31/h7,12-13,17-18,20-21,23,30H,4-6,8-11,14-16H2,1-3H3/t18-,21-,23-/m0/s1. The molecule has 2 aliphatic rings. The molecular formula is C28H38ClN3O3. The Bertz CT molecular complexity index is 1090. The summed E-state index contributed by atoms with van der Waals surface area (Å²) in [5.41, 5.74) is 1.51. The Kier molecular flexibility index (Phi) is 8.33. The molecule has 6 nitrogen and oxygen atoms in total. The van der Waals surface area contributed by atoms with Crippen molar-refractivity contribution >= 4 is 40.0 Å². The van der Waals surface area contributed by atoms with Gasteiger partial charge in [-0.25, -0.2) is 0 Å². The van der Waals surface area contributed by atoms with E-state index < -0.39 is 0 Å². The van der Waals surface area contributed by atoms with Crippen LogP contribution in [-0.4, -0.2) is 52.6 Å². The van der Waals surface area contributed by atoms with Crippen LogP contribution in [0.1, 0.15) is 75.6 Å². The number of hydrogen-bond donors (Lipinski definition) is 1. The molecule has 7 heteroatoms. The van der Waals surface area contributed by atoms with Gasteiger partial charge in [-0.3, -0.25) is 14.4 Å². The van der Waals surface area contributed by atoms with E-state index in [4.69, 9.17) is 11.6 Å². The molecule has 190 valence electrons. The molecule has 0 bridgehead atoms. The maximum absolute atomic E-state index is 14.0. The van der Waals surface area contributed by atoms with Gasteiger partial charge in [0.25, 0.3) is 0 Å². The van der Waals surface area contributed by atoms with Crippen molar-refractivity contribution in [1.29, 1.82) is 0 Å². The van der Waals surface area contributed by atoms with Gasteiger partial charge in [0.2, 0.25) is 5.91 Å². The first-order valence-corrected chi connectivity index (χ1v) is 13.5. The first-order chi connectivity index (χ1) is 16.8. The van der Waals surface area contributed by atoms with Crippen LogP contribution in [0.4, 0.5) is 0 Å². The Morgan fingerprint density at radius 2 is 1.86 bits per heavy atom. The minimum Gasteiger partial charge on any atom is -0.343 e. The second-order valence-electron chi connectivity index (χ2n) is 10.4. The number of fused-ring (bicyclic) bond motifs is 1. The topological polar surface area (TPSA) is 71.4 Å². The molecule has 1 aromatic heterocycles. The molecule has 2 fully saturated rings. The molecule has 1 saturated carbocycles. The number of Topliss-reactive ketones (excluding diaryl/α,β-unsaturated/α-hetero) is 2. The maximum atomic E-state index is 14.0. The largest absolute Gasteiger partial charge is 0.343 e. The highest BCUT2D eigenvalue weighted by Crippen LogP contribution is 2.36. The Labute approximate surface area is 213 Å². The maximum Gasteiger partial charge on any atom is 0.226 e. The van der Waals surface area contributed by atoms with Gasteiger partial charge >= 0.3 is 0 Å². The van der Waals surface area contributed by atoms with Crippen LogP contribution in [0.3, 0.4) is 0 Å². The number of amides is 1. The molecule has 0 unspecified atom stereocenters. The lowest BCUT2D eigenvalue weighted by atomic mass is 9.76. The Hall–Kier alpha value is -2.18. The molecule has 1 N–H and O–H groups in total. The fraction of sp³-hybridized carbons (Fsp3) is 0.607. The fourth-order valence-electron chi connectivity index (χ4n) is 6.04. The molecule has 1 saturated heterocycles. The van der Waals surface area contributed by atoms with E-state index in [0.29, 0.717) is 23.6 Å². The zero-order chi connectivity index (χ0) is 25.1. The molecule has 1 amide bonds. The third-order valence-electron chi connectivity index (χ3n) is 8.17. The highest BCUT2D eigenvalue weighted by atomic mass is 35.5. The molecular weight excluding hydrogens is 462 g/mol. The van der Waals surface area contributed by atoms with Gasteiger partial charge in [-0.05, 0) is 58.6 Å². The molecule has 2 heterocycles. The van der Waals surface area contributed by atoms with Crippen molar-refractivity contribution in [3.63, 3.8) is 0 Å². The van der Waals surface area contributed by atoms with Crippen LogP contribution < -0.4 is 5.32 Å². The number of likely N-dealkylation sites (N-methyl/N-ethyl adjacent to an activating group) is 1. The smallest absolute Gasteiger partial charge is 0.226 e. The third-order valence-corrected chi connectivity index (χ3v) is 8.47. The highest BCUT2D eigenvalue weighted by Gasteiger charge is 2.39. The average molecular weight is 500 g/mol. The average Bonchev–Trinajstić information content (AvgIpc) is 3.47. The number of para-hydroxylation sites is 1. The lowest BCUT2D eigenvalue weighted by molar-refractivity contribution is -0.141. The van der Waals surface area contributed by atoms with Crippen LogP contribution in [-0.2, 0) is 16.1 Å². The third kappa shape index (κ3) is 5.49. The van der Waals surface area contributed by atoms with Crippen LogP contribution in [0.2, 0.25) is 5.02 Å². The second-order valence-corrected chi connectivity index (χ2v) is 10.8. The zero-order valence-electron chi connectivity index (χ0n) is 21.2. The van der Waals surface area contributed by atoms with E-state index >= 15 is 0 Å². The number of aromatic nitrogens is 1. The SMILES string of the molecule is CN[C@@H](C)C(=O)C[C@H](C(=O)N1CCC[C@H]1Cn1cc(C(C)=O)c2cccc(Cl)c21)C1CCCCC1. The Morgan fingerprint density at radius 1 is 1.11 bits per heavy atom. The number of rotatable bonds is 9. The van der Waals surface area contributed by atoms with Crippen molar-refractivity contribution < 1.29 is 14.4 Å². The number of nitrogens with zero attached hydrogens (tertiary/aromatic N) is 2. The summed E-state index contributed by atoms with van der Waals surface area (Å²) in [4.78, 5) is 41.2. The summed E-state index contributed by atoms with van der Waals surface area (Å²) in [6.07, 6.45) is 9.57. The summed E-state index contributed by atoms with van der Waals surface area (Å²) < 4.78 is 2.05. The number of benzene rings is 1. The predicted molar refractivity (Wildman–Crippen MR) is 140 cm³/mol. The summed E-state index contributed by atoms with van der Waals surface area (Å²) in [5.74, 6) is 0.269. The quantitative estimate of drug-likeness (QED) is 0.478. The van der Waals surface area contributed by atoms with E-state index in [0.717, 1.165) is 56.0 Å². The summed E-state index contributed by atoms with van der Waals surface area (Å²) in [7, 11) is 1.79. The van der Waals surface area contributed by atoms with Gasteiger partial charge in [0, 0.05) is 48.6 Å². The summed E-state index contributed by atoms with van der Waals surface area (Å²) >= 11 is 6.56. The van der Waals surface area contributed by atoms with Crippen LogP contribution in [0.5, 0.6) is 0 Å². The predicted octanol–water partition coefficient (Wildman–Crippen LogP) is 5.25. The first kappa shape index (κ1) is 25.9. The van der Waals surface area contributed by atoms with Gasteiger partial charge in [-0.1, -0.05) is 43.0 Å². The van der Waals surface area contributed by atoms with Crippen LogP contribution in [0, 0.1) is 11.8 Å². The van der Waals surface area contributed by atoms with Gasteiger partial charge in [0.05, 0.1) is 16.6 Å². The van der Waals surface area contributed by atoms with Crippen molar-refractivity contribution in [1.82, 2.24) is 14.8 Å². The number of nitrogens with one attached hydrogen (secondary N) is 1. The first-order valence-electron chi connectivity index (χ1n) is 13.1. The molecule has 3 atom stereocenters. The van der Waals surface area contributed by atoms with Crippen molar-refractivity contribution in [3.05, 3.63) is 35.0 Å². The molecule has 1 aromatic carbocycles. The molecule has 2 aromatic rings. The Morgan fingerprint density at radius 3 is 2.54 bits per heavy atom. The van der Waals surface area contributed by atoms with E-state index in [1.165, 1.54) is 6.42 Å². The number of likely N-dealkylation sites (tertiary alicyclic amines) is 1. The summed E-state index contributed by atoms with van der Waals surface area (Å²) in [5, 5.41) is 4.50. The van der Waals surface area contributed by atoms with E-state index in [9.17, 15) is 14.4 Å². The van der Waals surface area contributed by atoms with Gasteiger partial charge in [-0.15, -0.1) is 0 Å². The number of halogens is 1. The molecule has 1 aliphatic heterocycles. The van der Waals surface area contributed by atoms with E-state index in [1.807, 2.05) is 36.2 Å². The van der Waals surface area contributed by atoms with Crippen LogP contribution >= 0.6 is 11.6 Å². The lowest BCUT2D eigenvalue weighted by Crippen LogP contribution is -2.45. The highest BCUT2D eigenvalue weighted by molar-refractivity contribution is 6.35. The molecule has 1 aliphatic carbocycles. The lowest BCUT2D eigenvalue weighted by Gasteiger charge is -2.35. The van der Waals surface area contributed by atoms with Crippen molar-refractivity contribution in [2.45, 2.75) is 83.8 Å². The minimum absolute atomic E-state index is 0.00454. The van der Waals surface area contributed by atoms with Crippen molar-refractivity contribution in [3.8, 4) is 0 Å². The fourth-order valence-corrected chi connectivity index (χ4v) is 6.32.